The molecule has 2 rings (SSSR count). The first-order valence-corrected chi connectivity index (χ1v) is 6.77. The Kier molecular flexibility index (Phi) is 4.92. The van der Waals surface area contributed by atoms with E-state index in [1.54, 1.807) is 0 Å². The van der Waals surface area contributed by atoms with E-state index in [-0.39, 0.29) is 11.5 Å². The van der Waals surface area contributed by atoms with Crippen molar-refractivity contribution in [3.8, 4) is 0 Å². The van der Waals surface area contributed by atoms with Gasteiger partial charge in [-0.15, -0.1) is 0 Å². The van der Waals surface area contributed by atoms with Gasteiger partial charge in [-0.1, -0.05) is 36.8 Å². The molecule has 20 heavy (non-hydrogen) atoms. The minimum atomic E-state index is -0.701. The normalized spacial score (nSPS) is 22.0. The zero-order chi connectivity index (χ0) is 14.4. The van der Waals surface area contributed by atoms with Gasteiger partial charge in [0, 0.05) is 11.3 Å². The third kappa shape index (κ3) is 3.94. The largest absolute Gasteiger partial charge is 0.445 e. The van der Waals surface area contributed by atoms with Gasteiger partial charge in [-0.05, 0) is 18.4 Å². The van der Waals surface area contributed by atoms with Gasteiger partial charge >= 0.3 is 6.09 Å². The van der Waals surface area contributed by atoms with Crippen LogP contribution in [0.4, 0.5) is 4.79 Å². The molecule has 1 aliphatic carbocycles. The second kappa shape index (κ2) is 6.88. The first kappa shape index (κ1) is 14.3. The number of carbonyl (C=O) groups excluding carboxylic acids is 1. The molecule has 1 amide bonds. The van der Waals surface area contributed by atoms with Crippen molar-refractivity contribution in [1.82, 2.24) is 5.32 Å². The molecule has 0 aromatic heterocycles. The van der Waals surface area contributed by atoms with E-state index >= 15 is 0 Å². The van der Waals surface area contributed by atoms with Crippen LogP contribution in [-0.4, -0.2) is 23.1 Å². The summed E-state index contributed by atoms with van der Waals surface area (Å²) in [6.07, 6.45) is 2.28. The summed E-state index contributed by atoms with van der Waals surface area (Å²) in [4.78, 5) is 22.3. The van der Waals surface area contributed by atoms with Gasteiger partial charge in [0.25, 0.3) is 0 Å². The zero-order valence-corrected chi connectivity index (χ0v) is 11.2. The maximum Gasteiger partial charge on any atom is 0.407 e. The zero-order valence-electron chi connectivity index (χ0n) is 11.2. The Bertz CT molecular complexity index is 464. The van der Waals surface area contributed by atoms with E-state index in [4.69, 9.17) is 4.74 Å². The molecular formula is C14H18N2O4. The van der Waals surface area contributed by atoms with Crippen LogP contribution < -0.4 is 5.32 Å². The van der Waals surface area contributed by atoms with Crippen molar-refractivity contribution < 1.29 is 14.5 Å². The van der Waals surface area contributed by atoms with Crippen LogP contribution in [0.3, 0.4) is 0 Å². The molecule has 2 unspecified atom stereocenters. The topological polar surface area (TPSA) is 81.5 Å². The van der Waals surface area contributed by atoms with Crippen molar-refractivity contribution in [2.24, 2.45) is 0 Å². The molecule has 0 radical (unpaired) electrons. The fraction of sp³-hybridized carbons (Fsp3) is 0.500. The van der Waals surface area contributed by atoms with Gasteiger partial charge in [0.15, 0.2) is 0 Å². The maximum absolute atomic E-state index is 11.7. The molecule has 0 heterocycles. The van der Waals surface area contributed by atoms with Gasteiger partial charge in [-0.2, -0.15) is 0 Å². The second-order valence-electron chi connectivity index (χ2n) is 4.95. The molecule has 108 valence electrons. The number of amides is 1. The highest BCUT2D eigenvalue weighted by molar-refractivity contribution is 5.67. The van der Waals surface area contributed by atoms with Crippen LogP contribution in [0.25, 0.3) is 0 Å². The number of alkyl carbamates (subject to hydrolysis) is 1. The fourth-order valence-electron chi connectivity index (χ4n) is 2.45. The van der Waals surface area contributed by atoms with E-state index in [0.717, 1.165) is 18.4 Å². The van der Waals surface area contributed by atoms with E-state index in [2.05, 4.69) is 5.32 Å². The Morgan fingerprint density at radius 2 is 2.00 bits per heavy atom. The summed E-state index contributed by atoms with van der Waals surface area (Å²) in [5.74, 6) is 0. The van der Waals surface area contributed by atoms with Crippen molar-refractivity contribution in [3.05, 3.63) is 46.0 Å². The average molecular weight is 278 g/mol. The molecule has 2 atom stereocenters. The molecule has 1 aromatic rings. The Morgan fingerprint density at radius 1 is 1.30 bits per heavy atom. The van der Waals surface area contributed by atoms with Crippen LogP contribution in [0.15, 0.2) is 30.3 Å². The molecule has 1 fully saturated rings. The number of carbonyl (C=O) groups is 1. The molecule has 0 bridgehead atoms. The van der Waals surface area contributed by atoms with Crippen molar-refractivity contribution in [3.63, 3.8) is 0 Å². The van der Waals surface area contributed by atoms with Crippen LogP contribution in [0, 0.1) is 10.1 Å². The van der Waals surface area contributed by atoms with Crippen molar-refractivity contribution in [2.45, 2.75) is 44.4 Å². The highest BCUT2D eigenvalue weighted by Gasteiger charge is 2.35. The molecule has 6 heteroatoms. The van der Waals surface area contributed by atoms with Gasteiger partial charge < -0.3 is 10.1 Å². The standard InChI is InChI=1S/C14H18N2O4/c17-14(20-10-11-6-2-1-3-7-11)15-12-8-4-5-9-13(12)16(18)19/h1-3,6-7,12-13H,4-5,8-10H2,(H,15,17). The number of nitro groups is 1. The lowest BCUT2D eigenvalue weighted by molar-refractivity contribution is -0.529. The lowest BCUT2D eigenvalue weighted by atomic mass is 9.91. The number of nitrogens with zero attached hydrogens (tertiary/aromatic N) is 1. The SMILES string of the molecule is O=C(NC1CCCCC1[N+](=O)[O-])OCc1ccccc1. The van der Waals surface area contributed by atoms with Crippen molar-refractivity contribution >= 4 is 6.09 Å². The van der Waals surface area contributed by atoms with Crippen LogP contribution in [0.5, 0.6) is 0 Å². The van der Waals surface area contributed by atoms with E-state index < -0.39 is 18.2 Å². The van der Waals surface area contributed by atoms with Crippen LogP contribution in [0.2, 0.25) is 0 Å². The smallest absolute Gasteiger partial charge is 0.407 e. The summed E-state index contributed by atoms with van der Waals surface area (Å²) < 4.78 is 5.09. The first-order valence-electron chi connectivity index (χ1n) is 6.77. The molecule has 0 saturated heterocycles. The van der Waals surface area contributed by atoms with Gasteiger partial charge in [-0.25, -0.2) is 4.79 Å². The number of hydrogen-bond acceptors (Lipinski definition) is 4. The summed E-state index contributed by atoms with van der Waals surface area (Å²) >= 11 is 0. The summed E-state index contributed by atoms with van der Waals surface area (Å²) in [5.41, 5.74) is 0.886. The summed E-state index contributed by atoms with van der Waals surface area (Å²) in [6.45, 7) is 0.169. The van der Waals surface area contributed by atoms with Crippen LogP contribution in [0.1, 0.15) is 31.2 Å². The van der Waals surface area contributed by atoms with Gasteiger partial charge in [-0.3, -0.25) is 10.1 Å². The maximum atomic E-state index is 11.7. The average Bonchev–Trinajstić information content (AvgIpc) is 2.46. The summed E-state index contributed by atoms with van der Waals surface area (Å²) in [5, 5.41) is 13.6. The number of ether oxygens (including phenoxy) is 1. The minimum absolute atomic E-state index is 0.169. The van der Waals surface area contributed by atoms with E-state index in [9.17, 15) is 14.9 Å². The van der Waals surface area contributed by atoms with E-state index in [0.29, 0.717) is 12.8 Å². The lowest BCUT2D eigenvalue weighted by Crippen LogP contribution is -2.48. The minimum Gasteiger partial charge on any atom is -0.445 e. The Morgan fingerprint density at radius 3 is 2.70 bits per heavy atom. The fourth-order valence-corrected chi connectivity index (χ4v) is 2.45. The van der Waals surface area contributed by atoms with Gasteiger partial charge in [0.05, 0.1) is 6.04 Å². The third-order valence-corrected chi connectivity index (χ3v) is 3.52. The molecule has 0 spiro atoms. The van der Waals surface area contributed by atoms with Gasteiger partial charge in [0.2, 0.25) is 6.04 Å². The van der Waals surface area contributed by atoms with Crippen molar-refractivity contribution in [2.75, 3.05) is 0 Å². The molecular weight excluding hydrogens is 260 g/mol. The molecule has 1 aromatic carbocycles. The molecule has 0 aliphatic heterocycles. The van der Waals surface area contributed by atoms with Crippen LogP contribution in [-0.2, 0) is 11.3 Å². The van der Waals surface area contributed by atoms with Gasteiger partial charge in [0.1, 0.15) is 6.61 Å². The van der Waals surface area contributed by atoms with E-state index in [1.807, 2.05) is 30.3 Å². The highest BCUT2D eigenvalue weighted by Crippen LogP contribution is 2.20. The number of nitrogens with one attached hydrogen (secondary N) is 1. The molecule has 1 N–H and O–H groups in total. The third-order valence-electron chi connectivity index (χ3n) is 3.52. The number of rotatable bonds is 4. The molecule has 1 aliphatic rings. The predicted octanol–water partition coefficient (Wildman–Crippen LogP) is 2.50. The highest BCUT2D eigenvalue weighted by atomic mass is 16.6. The number of hydrogen-bond donors (Lipinski definition) is 1. The number of benzene rings is 1. The van der Waals surface area contributed by atoms with Crippen molar-refractivity contribution in [1.29, 1.82) is 0 Å². The van der Waals surface area contributed by atoms with Crippen LogP contribution >= 0.6 is 0 Å². The Balaban J connectivity index is 1.82. The Hall–Kier alpha value is -2.11. The predicted molar refractivity (Wildman–Crippen MR) is 72.8 cm³/mol. The molecule has 6 nitrogen and oxygen atoms in total. The Labute approximate surface area is 117 Å². The summed E-state index contributed by atoms with van der Waals surface area (Å²) in [7, 11) is 0. The summed E-state index contributed by atoms with van der Waals surface area (Å²) in [6, 6.07) is 8.19. The lowest BCUT2D eigenvalue weighted by Gasteiger charge is -2.25. The molecule has 1 saturated carbocycles. The van der Waals surface area contributed by atoms with E-state index in [1.165, 1.54) is 0 Å². The second-order valence-corrected chi connectivity index (χ2v) is 4.95. The quantitative estimate of drug-likeness (QED) is 0.677. The first-order chi connectivity index (χ1) is 9.66. The monoisotopic (exact) mass is 278 g/mol.